The summed E-state index contributed by atoms with van der Waals surface area (Å²) >= 11 is 0. The van der Waals surface area contributed by atoms with Gasteiger partial charge in [0.25, 0.3) is 0 Å². The van der Waals surface area contributed by atoms with Crippen LogP contribution in [-0.2, 0) is 10.9 Å². The Morgan fingerprint density at radius 2 is 1.96 bits per heavy atom. The largest absolute Gasteiger partial charge is 0.462 e. The number of nitrogens with one attached hydrogen (secondary N) is 1. The third kappa shape index (κ3) is 3.77. The van der Waals surface area contributed by atoms with Crippen LogP contribution in [0.3, 0.4) is 0 Å². The first-order valence-electron chi connectivity index (χ1n) is 7.88. The summed E-state index contributed by atoms with van der Waals surface area (Å²) in [5.74, 6) is -0.463. The molecule has 0 radical (unpaired) electrons. The highest BCUT2D eigenvalue weighted by Crippen LogP contribution is 2.33. The number of anilines is 2. The van der Waals surface area contributed by atoms with Gasteiger partial charge < -0.3 is 10.1 Å². The fraction of sp³-hybridized carbons (Fsp3) is 0.158. The molecule has 134 valence electrons. The van der Waals surface area contributed by atoms with E-state index in [1.807, 2.05) is 0 Å². The third-order valence-corrected chi connectivity index (χ3v) is 3.72. The number of halogens is 3. The summed E-state index contributed by atoms with van der Waals surface area (Å²) in [5.41, 5.74) is 1.06. The summed E-state index contributed by atoms with van der Waals surface area (Å²) in [6.45, 7) is 1.97. The van der Waals surface area contributed by atoms with Crippen LogP contribution in [0.15, 0.2) is 54.7 Å². The van der Waals surface area contributed by atoms with E-state index in [1.165, 1.54) is 12.3 Å². The van der Waals surface area contributed by atoms with Crippen molar-refractivity contribution < 1.29 is 22.7 Å². The second-order valence-electron chi connectivity index (χ2n) is 5.51. The average Bonchev–Trinajstić information content (AvgIpc) is 2.61. The molecule has 0 saturated heterocycles. The zero-order chi connectivity index (χ0) is 18.7. The number of ether oxygens (including phenoxy) is 1. The number of carbonyl (C=O) groups is 1. The molecule has 0 spiro atoms. The molecule has 0 aliphatic carbocycles. The first kappa shape index (κ1) is 17.7. The van der Waals surface area contributed by atoms with Gasteiger partial charge in [0.1, 0.15) is 0 Å². The van der Waals surface area contributed by atoms with Gasteiger partial charge in [0.2, 0.25) is 0 Å². The topological polar surface area (TPSA) is 51.2 Å². The van der Waals surface area contributed by atoms with Crippen LogP contribution >= 0.6 is 0 Å². The van der Waals surface area contributed by atoms with E-state index in [2.05, 4.69) is 10.3 Å². The summed E-state index contributed by atoms with van der Waals surface area (Å²) in [7, 11) is 0. The number of hydrogen-bond acceptors (Lipinski definition) is 4. The molecule has 0 bridgehead atoms. The van der Waals surface area contributed by atoms with Crippen LogP contribution in [0.4, 0.5) is 24.5 Å². The van der Waals surface area contributed by atoms with E-state index >= 15 is 0 Å². The molecule has 0 unspecified atom stereocenters. The molecule has 7 heteroatoms. The lowest BCUT2D eigenvalue weighted by Gasteiger charge is -2.12. The Hall–Kier alpha value is -3.09. The molecule has 4 nitrogen and oxygen atoms in total. The Morgan fingerprint density at radius 3 is 2.69 bits per heavy atom. The smallest absolute Gasteiger partial charge is 0.416 e. The Kier molecular flexibility index (Phi) is 4.79. The van der Waals surface area contributed by atoms with Crippen molar-refractivity contribution in [3.05, 3.63) is 65.9 Å². The van der Waals surface area contributed by atoms with Gasteiger partial charge in [-0.2, -0.15) is 13.2 Å². The number of carbonyl (C=O) groups excluding carboxylic acids is 1. The van der Waals surface area contributed by atoms with Crippen molar-refractivity contribution in [1.29, 1.82) is 0 Å². The van der Waals surface area contributed by atoms with Gasteiger partial charge in [-0.15, -0.1) is 0 Å². The fourth-order valence-corrected chi connectivity index (χ4v) is 2.53. The van der Waals surface area contributed by atoms with E-state index in [0.29, 0.717) is 27.8 Å². The summed E-state index contributed by atoms with van der Waals surface area (Å²) < 4.78 is 43.9. The van der Waals surface area contributed by atoms with Crippen LogP contribution < -0.4 is 5.32 Å². The minimum absolute atomic E-state index is 0.256. The molecule has 0 saturated carbocycles. The number of fused-ring (bicyclic) bond motifs is 1. The molecule has 3 rings (SSSR count). The van der Waals surface area contributed by atoms with Crippen LogP contribution in [0, 0.1) is 0 Å². The quantitative estimate of drug-likeness (QED) is 0.652. The van der Waals surface area contributed by atoms with Gasteiger partial charge >= 0.3 is 12.1 Å². The first-order chi connectivity index (χ1) is 12.4. The Morgan fingerprint density at radius 1 is 1.15 bits per heavy atom. The van der Waals surface area contributed by atoms with Crippen molar-refractivity contribution in [1.82, 2.24) is 4.98 Å². The monoisotopic (exact) mass is 360 g/mol. The van der Waals surface area contributed by atoms with E-state index < -0.39 is 17.7 Å². The highest BCUT2D eigenvalue weighted by Gasteiger charge is 2.30. The number of pyridine rings is 1. The molecule has 3 aromatic rings. The Labute approximate surface area is 147 Å². The lowest BCUT2D eigenvalue weighted by atomic mass is 10.1. The highest BCUT2D eigenvalue weighted by molar-refractivity contribution is 5.94. The predicted molar refractivity (Wildman–Crippen MR) is 92.4 cm³/mol. The lowest BCUT2D eigenvalue weighted by Crippen LogP contribution is -2.05. The zero-order valence-electron chi connectivity index (χ0n) is 13.8. The number of esters is 1. The van der Waals surface area contributed by atoms with Crippen LogP contribution in [0.5, 0.6) is 0 Å². The van der Waals surface area contributed by atoms with Gasteiger partial charge in [0.15, 0.2) is 0 Å². The third-order valence-electron chi connectivity index (χ3n) is 3.72. The minimum atomic E-state index is -4.44. The molecular formula is C19H15F3N2O2. The molecule has 0 aliphatic heterocycles. The molecule has 0 fully saturated rings. The van der Waals surface area contributed by atoms with E-state index in [0.717, 1.165) is 12.1 Å². The van der Waals surface area contributed by atoms with Gasteiger partial charge in [-0.1, -0.05) is 6.07 Å². The molecule has 0 amide bonds. The highest BCUT2D eigenvalue weighted by atomic mass is 19.4. The second kappa shape index (κ2) is 7.03. The van der Waals surface area contributed by atoms with Gasteiger partial charge in [-0.25, -0.2) is 4.79 Å². The molecule has 1 N–H and O–H groups in total. The number of rotatable bonds is 4. The fourth-order valence-electron chi connectivity index (χ4n) is 2.53. The van der Waals surface area contributed by atoms with E-state index in [4.69, 9.17) is 4.74 Å². The molecule has 0 atom stereocenters. The van der Waals surface area contributed by atoms with Crippen LogP contribution in [-0.4, -0.2) is 17.6 Å². The minimum Gasteiger partial charge on any atom is -0.462 e. The van der Waals surface area contributed by atoms with Gasteiger partial charge in [-0.3, -0.25) is 4.98 Å². The lowest BCUT2D eigenvalue weighted by molar-refractivity contribution is -0.137. The predicted octanol–water partition coefficient (Wildman–Crippen LogP) is 5.17. The maximum absolute atomic E-state index is 13.0. The summed E-state index contributed by atoms with van der Waals surface area (Å²) in [6.07, 6.45) is -2.93. The molecule has 1 aromatic heterocycles. The van der Waals surface area contributed by atoms with Crippen LogP contribution in [0.25, 0.3) is 10.9 Å². The Bertz CT molecular complexity index is 955. The van der Waals surface area contributed by atoms with Gasteiger partial charge in [0.05, 0.1) is 23.3 Å². The number of alkyl halides is 3. The average molecular weight is 360 g/mol. The van der Waals surface area contributed by atoms with E-state index in [1.54, 1.807) is 37.3 Å². The molecule has 26 heavy (non-hydrogen) atoms. The van der Waals surface area contributed by atoms with Crippen molar-refractivity contribution in [2.75, 3.05) is 11.9 Å². The Balaban J connectivity index is 1.98. The molecule has 0 aliphatic rings. The second-order valence-corrected chi connectivity index (χ2v) is 5.51. The van der Waals surface area contributed by atoms with E-state index in [9.17, 15) is 18.0 Å². The number of aromatic nitrogens is 1. The number of hydrogen-bond donors (Lipinski definition) is 1. The van der Waals surface area contributed by atoms with Crippen molar-refractivity contribution >= 4 is 28.2 Å². The standard InChI is InChI=1S/C19H15F3N2O2/c1-2-26-18(25)12-4-3-5-14(10-12)24-17-8-9-23-16-7-6-13(11-15(16)17)19(20,21)22/h3-11H,2H2,1H3,(H,23,24). The summed E-state index contributed by atoms with van der Waals surface area (Å²) in [5, 5.41) is 3.38. The van der Waals surface area contributed by atoms with Crippen molar-refractivity contribution in [2.45, 2.75) is 13.1 Å². The normalized spacial score (nSPS) is 11.4. The number of benzene rings is 2. The zero-order valence-corrected chi connectivity index (χ0v) is 13.8. The molecular weight excluding hydrogens is 345 g/mol. The van der Waals surface area contributed by atoms with Crippen LogP contribution in [0.1, 0.15) is 22.8 Å². The SMILES string of the molecule is CCOC(=O)c1cccc(Nc2ccnc3ccc(C(F)(F)F)cc23)c1. The molecule has 1 heterocycles. The van der Waals surface area contributed by atoms with E-state index in [-0.39, 0.29) is 6.61 Å². The van der Waals surface area contributed by atoms with Crippen molar-refractivity contribution in [3.63, 3.8) is 0 Å². The van der Waals surface area contributed by atoms with Crippen LogP contribution in [0.2, 0.25) is 0 Å². The van der Waals surface area contributed by atoms with Gasteiger partial charge in [-0.05, 0) is 49.4 Å². The maximum Gasteiger partial charge on any atom is 0.416 e. The summed E-state index contributed by atoms with van der Waals surface area (Å²) in [6, 6.07) is 11.5. The first-order valence-corrected chi connectivity index (χ1v) is 7.88. The number of nitrogens with zero attached hydrogens (tertiary/aromatic N) is 1. The summed E-state index contributed by atoms with van der Waals surface area (Å²) in [4.78, 5) is 15.9. The van der Waals surface area contributed by atoms with Crippen molar-refractivity contribution in [2.24, 2.45) is 0 Å². The maximum atomic E-state index is 13.0. The molecule has 2 aromatic carbocycles. The van der Waals surface area contributed by atoms with Crippen molar-refractivity contribution in [3.8, 4) is 0 Å². The van der Waals surface area contributed by atoms with Gasteiger partial charge in [0, 0.05) is 23.0 Å².